The van der Waals surface area contributed by atoms with Gasteiger partial charge in [-0.2, -0.15) is 0 Å². The molecule has 2 N–H and O–H groups in total. The molecule has 1 aromatic rings. The lowest BCUT2D eigenvalue weighted by Crippen LogP contribution is -2.17. The van der Waals surface area contributed by atoms with E-state index >= 15 is 0 Å². The Morgan fingerprint density at radius 1 is 1.33 bits per heavy atom. The highest BCUT2D eigenvalue weighted by molar-refractivity contribution is 5.34. The van der Waals surface area contributed by atoms with Gasteiger partial charge in [-0.05, 0) is 36.6 Å². The SMILES string of the molecule is CNCC(O)c1cc(C(C)C)ccc1C. The molecule has 2 heteroatoms. The van der Waals surface area contributed by atoms with Crippen molar-refractivity contribution in [3.05, 3.63) is 34.9 Å². The van der Waals surface area contributed by atoms with Gasteiger partial charge >= 0.3 is 0 Å². The first kappa shape index (κ1) is 12.2. The zero-order valence-corrected chi connectivity index (χ0v) is 10.0. The highest BCUT2D eigenvalue weighted by Gasteiger charge is 2.11. The smallest absolute Gasteiger partial charge is 0.0916 e. The summed E-state index contributed by atoms with van der Waals surface area (Å²) in [6.07, 6.45) is -0.409. The van der Waals surface area contributed by atoms with E-state index in [0.29, 0.717) is 12.5 Å². The molecule has 15 heavy (non-hydrogen) atoms. The first-order valence-corrected chi connectivity index (χ1v) is 5.49. The average Bonchev–Trinajstić information content (AvgIpc) is 2.18. The van der Waals surface area contributed by atoms with E-state index in [1.54, 1.807) is 0 Å². The molecule has 0 aromatic heterocycles. The van der Waals surface area contributed by atoms with Crippen molar-refractivity contribution in [2.45, 2.75) is 32.8 Å². The summed E-state index contributed by atoms with van der Waals surface area (Å²) in [5.74, 6) is 0.506. The van der Waals surface area contributed by atoms with Gasteiger partial charge in [0.2, 0.25) is 0 Å². The van der Waals surface area contributed by atoms with E-state index in [1.165, 1.54) is 5.56 Å². The van der Waals surface area contributed by atoms with Crippen molar-refractivity contribution in [1.29, 1.82) is 0 Å². The molecule has 0 aliphatic rings. The molecule has 1 aromatic carbocycles. The predicted molar refractivity (Wildman–Crippen MR) is 64.2 cm³/mol. The molecule has 0 aliphatic carbocycles. The summed E-state index contributed by atoms with van der Waals surface area (Å²) in [4.78, 5) is 0. The Balaban J connectivity index is 2.99. The molecular weight excluding hydrogens is 186 g/mol. The van der Waals surface area contributed by atoms with Crippen LogP contribution in [0, 0.1) is 6.92 Å². The minimum absolute atomic E-state index is 0.409. The van der Waals surface area contributed by atoms with Crippen molar-refractivity contribution >= 4 is 0 Å². The fraction of sp³-hybridized carbons (Fsp3) is 0.538. The Kier molecular flexibility index (Phi) is 4.30. The zero-order chi connectivity index (χ0) is 11.4. The Morgan fingerprint density at radius 3 is 2.53 bits per heavy atom. The Morgan fingerprint density at radius 2 is 2.00 bits per heavy atom. The third-order valence-electron chi connectivity index (χ3n) is 2.73. The Bertz CT molecular complexity index is 320. The van der Waals surface area contributed by atoms with Crippen LogP contribution in [0.15, 0.2) is 18.2 Å². The molecule has 0 aliphatic heterocycles. The van der Waals surface area contributed by atoms with Crippen LogP contribution in [-0.4, -0.2) is 18.7 Å². The second-order valence-electron chi connectivity index (χ2n) is 4.34. The third-order valence-corrected chi connectivity index (χ3v) is 2.73. The summed E-state index contributed by atoms with van der Waals surface area (Å²) in [7, 11) is 1.85. The normalized spacial score (nSPS) is 13.2. The molecule has 2 nitrogen and oxygen atoms in total. The second-order valence-corrected chi connectivity index (χ2v) is 4.34. The van der Waals surface area contributed by atoms with Gasteiger partial charge in [-0.15, -0.1) is 0 Å². The van der Waals surface area contributed by atoms with Crippen LogP contribution in [0.1, 0.15) is 42.6 Å². The van der Waals surface area contributed by atoms with Crippen LogP contribution in [-0.2, 0) is 0 Å². The van der Waals surface area contributed by atoms with Crippen molar-refractivity contribution < 1.29 is 5.11 Å². The number of benzene rings is 1. The topological polar surface area (TPSA) is 32.3 Å². The monoisotopic (exact) mass is 207 g/mol. The van der Waals surface area contributed by atoms with E-state index in [2.05, 4.69) is 37.4 Å². The number of hydrogen-bond acceptors (Lipinski definition) is 2. The van der Waals surface area contributed by atoms with Crippen LogP contribution in [0.25, 0.3) is 0 Å². The van der Waals surface area contributed by atoms with E-state index in [9.17, 15) is 5.11 Å². The highest BCUT2D eigenvalue weighted by Crippen LogP contribution is 2.23. The fourth-order valence-electron chi connectivity index (χ4n) is 1.68. The minimum Gasteiger partial charge on any atom is -0.387 e. The molecule has 0 saturated carbocycles. The van der Waals surface area contributed by atoms with E-state index in [0.717, 1.165) is 11.1 Å². The lowest BCUT2D eigenvalue weighted by Gasteiger charge is -2.16. The maximum absolute atomic E-state index is 9.95. The van der Waals surface area contributed by atoms with Crippen molar-refractivity contribution in [1.82, 2.24) is 5.32 Å². The third kappa shape index (κ3) is 3.05. The molecule has 0 spiro atoms. The van der Waals surface area contributed by atoms with Gasteiger partial charge in [0, 0.05) is 6.54 Å². The van der Waals surface area contributed by atoms with Gasteiger partial charge in [-0.3, -0.25) is 0 Å². The van der Waals surface area contributed by atoms with Crippen LogP contribution >= 0.6 is 0 Å². The van der Waals surface area contributed by atoms with Crippen LogP contribution in [0.5, 0.6) is 0 Å². The molecule has 1 atom stereocenters. The van der Waals surface area contributed by atoms with Crippen molar-refractivity contribution in [2.24, 2.45) is 0 Å². The first-order valence-electron chi connectivity index (χ1n) is 5.49. The molecule has 0 fully saturated rings. The van der Waals surface area contributed by atoms with Gasteiger partial charge in [0.25, 0.3) is 0 Å². The maximum atomic E-state index is 9.95. The maximum Gasteiger partial charge on any atom is 0.0916 e. The summed E-state index contributed by atoms with van der Waals surface area (Å²) >= 11 is 0. The first-order chi connectivity index (χ1) is 7.06. The number of nitrogens with one attached hydrogen (secondary N) is 1. The molecule has 0 radical (unpaired) electrons. The van der Waals surface area contributed by atoms with Gasteiger partial charge in [-0.25, -0.2) is 0 Å². The van der Waals surface area contributed by atoms with Gasteiger partial charge in [0.15, 0.2) is 0 Å². The number of aliphatic hydroxyl groups is 1. The highest BCUT2D eigenvalue weighted by atomic mass is 16.3. The standard InChI is InChI=1S/C13H21NO/c1-9(2)11-6-5-10(3)12(7-11)13(15)8-14-4/h5-7,9,13-15H,8H2,1-4H3. The number of likely N-dealkylation sites (N-methyl/N-ethyl adjacent to an activating group) is 1. The van der Waals surface area contributed by atoms with Crippen LogP contribution < -0.4 is 5.32 Å². The second kappa shape index (κ2) is 5.29. The predicted octanol–water partition coefficient (Wildman–Crippen LogP) is 2.37. The number of aliphatic hydroxyl groups excluding tert-OH is 1. The fourth-order valence-corrected chi connectivity index (χ4v) is 1.68. The summed E-state index contributed by atoms with van der Waals surface area (Å²) < 4.78 is 0. The van der Waals surface area contributed by atoms with Gasteiger partial charge in [0.05, 0.1) is 6.10 Å². The average molecular weight is 207 g/mol. The lowest BCUT2D eigenvalue weighted by molar-refractivity contribution is 0.177. The zero-order valence-electron chi connectivity index (χ0n) is 10.0. The molecular formula is C13H21NO. The van der Waals surface area contributed by atoms with Gasteiger partial charge in [0.1, 0.15) is 0 Å². The van der Waals surface area contributed by atoms with Crippen molar-refractivity contribution in [2.75, 3.05) is 13.6 Å². The molecule has 1 unspecified atom stereocenters. The Hall–Kier alpha value is -0.860. The molecule has 1 rings (SSSR count). The molecule has 0 saturated heterocycles. The Labute approximate surface area is 92.3 Å². The van der Waals surface area contributed by atoms with Crippen molar-refractivity contribution in [3.63, 3.8) is 0 Å². The lowest BCUT2D eigenvalue weighted by atomic mass is 9.95. The largest absolute Gasteiger partial charge is 0.387 e. The summed E-state index contributed by atoms with van der Waals surface area (Å²) in [5, 5.41) is 12.9. The van der Waals surface area contributed by atoms with E-state index in [1.807, 2.05) is 14.0 Å². The summed E-state index contributed by atoms with van der Waals surface area (Å²) in [6, 6.07) is 6.33. The van der Waals surface area contributed by atoms with Crippen LogP contribution in [0.3, 0.4) is 0 Å². The van der Waals surface area contributed by atoms with Crippen LogP contribution in [0.4, 0.5) is 0 Å². The van der Waals surface area contributed by atoms with Crippen molar-refractivity contribution in [3.8, 4) is 0 Å². The number of hydrogen-bond donors (Lipinski definition) is 2. The quantitative estimate of drug-likeness (QED) is 0.794. The molecule has 0 bridgehead atoms. The number of aryl methyl sites for hydroxylation is 1. The molecule has 84 valence electrons. The van der Waals surface area contributed by atoms with E-state index in [-0.39, 0.29) is 0 Å². The van der Waals surface area contributed by atoms with Gasteiger partial charge in [-0.1, -0.05) is 32.0 Å². The molecule has 0 heterocycles. The summed E-state index contributed by atoms with van der Waals surface area (Å²) in [6.45, 7) is 6.97. The number of rotatable bonds is 4. The van der Waals surface area contributed by atoms with E-state index < -0.39 is 6.10 Å². The van der Waals surface area contributed by atoms with E-state index in [4.69, 9.17) is 0 Å². The van der Waals surface area contributed by atoms with Crippen LogP contribution in [0.2, 0.25) is 0 Å². The van der Waals surface area contributed by atoms with Gasteiger partial charge < -0.3 is 10.4 Å². The summed E-state index contributed by atoms with van der Waals surface area (Å²) in [5.41, 5.74) is 3.48. The molecule has 0 amide bonds. The minimum atomic E-state index is -0.409.